The zero-order valence-corrected chi connectivity index (χ0v) is 29.3. The molecule has 12 heteroatoms. The van der Waals surface area contributed by atoms with Crippen LogP contribution >= 0.6 is 0 Å². The van der Waals surface area contributed by atoms with Gasteiger partial charge in [-0.1, -0.05) is 79.1 Å². The van der Waals surface area contributed by atoms with Crippen molar-refractivity contribution in [2.75, 3.05) is 18.0 Å². The first-order valence-corrected chi connectivity index (χ1v) is 18.0. The first-order valence-electron chi connectivity index (χ1n) is 16.6. The largest absolute Gasteiger partial charge is 0.497 e. The Balaban J connectivity index is 1.59. The van der Waals surface area contributed by atoms with Crippen LogP contribution in [-0.2, 0) is 32.6 Å². The number of nitro groups is 1. The van der Waals surface area contributed by atoms with Crippen molar-refractivity contribution in [3.63, 3.8) is 0 Å². The molecule has 11 nitrogen and oxygen atoms in total. The van der Waals surface area contributed by atoms with Gasteiger partial charge in [-0.25, -0.2) is 8.42 Å². The fraction of sp³-hybridized carbons (Fsp3) is 0.316. The number of anilines is 1. The molecule has 4 aromatic carbocycles. The summed E-state index contributed by atoms with van der Waals surface area (Å²) < 4.78 is 35.0. The molecule has 4 aromatic rings. The van der Waals surface area contributed by atoms with Crippen LogP contribution in [-0.4, -0.2) is 55.8 Å². The first-order chi connectivity index (χ1) is 24.0. The fourth-order valence-electron chi connectivity index (χ4n) is 6.16. The van der Waals surface area contributed by atoms with Gasteiger partial charge in [0.15, 0.2) is 0 Å². The molecule has 0 heterocycles. The van der Waals surface area contributed by atoms with E-state index in [9.17, 15) is 28.1 Å². The van der Waals surface area contributed by atoms with Crippen molar-refractivity contribution < 1.29 is 27.7 Å². The van der Waals surface area contributed by atoms with Crippen molar-refractivity contribution in [2.45, 2.75) is 69.5 Å². The highest BCUT2D eigenvalue weighted by Gasteiger charge is 2.36. The van der Waals surface area contributed by atoms with Crippen LogP contribution in [0, 0.1) is 24.0 Å². The minimum atomic E-state index is -4.54. The third-order valence-electron chi connectivity index (χ3n) is 9.05. The highest BCUT2D eigenvalue weighted by Crippen LogP contribution is 2.30. The average molecular weight is 699 g/mol. The maximum Gasteiger partial charge on any atom is 0.273 e. The minimum Gasteiger partial charge on any atom is -0.497 e. The molecule has 0 saturated heterocycles. The number of nitrogens with one attached hydrogen (secondary N) is 1. The second-order valence-electron chi connectivity index (χ2n) is 12.6. The predicted molar refractivity (Wildman–Crippen MR) is 191 cm³/mol. The van der Waals surface area contributed by atoms with Gasteiger partial charge in [-0.05, 0) is 68.1 Å². The zero-order chi connectivity index (χ0) is 35.8. The van der Waals surface area contributed by atoms with E-state index in [0.717, 1.165) is 52.7 Å². The summed E-state index contributed by atoms with van der Waals surface area (Å²) in [4.78, 5) is 41.1. The lowest BCUT2D eigenvalue weighted by atomic mass is 10.0. The number of carbonyl (C=O) groups excluding carboxylic acids is 2. The number of nitro benzene ring substituents is 1. The van der Waals surface area contributed by atoms with E-state index in [4.69, 9.17) is 4.74 Å². The Morgan fingerprint density at radius 1 is 0.920 bits per heavy atom. The summed E-state index contributed by atoms with van der Waals surface area (Å²) in [5.41, 5.74) is 2.71. The fourth-order valence-corrected chi connectivity index (χ4v) is 7.60. The lowest BCUT2D eigenvalue weighted by Gasteiger charge is -2.34. The minimum absolute atomic E-state index is 0.00870. The molecule has 0 bridgehead atoms. The normalized spacial score (nSPS) is 13.7. The highest BCUT2D eigenvalue weighted by atomic mass is 32.2. The van der Waals surface area contributed by atoms with Crippen molar-refractivity contribution >= 4 is 33.2 Å². The molecule has 0 aliphatic heterocycles. The Morgan fingerprint density at radius 2 is 1.58 bits per heavy atom. The molecule has 50 heavy (non-hydrogen) atoms. The molecule has 0 radical (unpaired) electrons. The van der Waals surface area contributed by atoms with E-state index in [0.29, 0.717) is 11.3 Å². The van der Waals surface area contributed by atoms with Crippen LogP contribution in [0.2, 0.25) is 0 Å². The van der Waals surface area contributed by atoms with Gasteiger partial charge in [0.05, 0.1) is 22.6 Å². The summed E-state index contributed by atoms with van der Waals surface area (Å²) in [5, 5.41) is 14.9. The number of hydrogen-bond donors (Lipinski definition) is 1. The molecule has 1 aliphatic rings. The van der Waals surface area contributed by atoms with Crippen LogP contribution in [0.15, 0.2) is 102 Å². The van der Waals surface area contributed by atoms with Gasteiger partial charge in [0, 0.05) is 30.6 Å². The van der Waals surface area contributed by atoms with E-state index in [2.05, 4.69) is 5.32 Å². The maximum absolute atomic E-state index is 14.7. The van der Waals surface area contributed by atoms with Crippen LogP contribution in [0.1, 0.15) is 47.9 Å². The van der Waals surface area contributed by atoms with Gasteiger partial charge in [0.1, 0.15) is 18.3 Å². The monoisotopic (exact) mass is 698 g/mol. The van der Waals surface area contributed by atoms with Gasteiger partial charge in [-0.2, -0.15) is 0 Å². The number of ether oxygens (including phenoxy) is 1. The van der Waals surface area contributed by atoms with Crippen molar-refractivity contribution in [3.8, 4) is 5.75 Å². The molecular weight excluding hydrogens is 657 g/mol. The second-order valence-corrected chi connectivity index (χ2v) is 14.5. The standard InChI is InChI=1S/C38H42N4O7S/c1-27-13-16-30(17-14-27)25-40(36(23-29-9-5-4-6-10-29)38(44)39-31-11-7-8-12-31)37(43)26-41(32-18-20-33(49-3)21-19-32)50(47,48)34-22-15-28(2)35(24-34)42(45)46/h4-6,9-10,13-22,24,31,36H,7-8,11-12,23,25-26H2,1-3H3,(H,39,44). The summed E-state index contributed by atoms with van der Waals surface area (Å²) in [5.74, 6) is -0.459. The predicted octanol–water partition coefficient (Wildman–Crippen LogP) is 6.11. The number of carbonyl (C=O) groups is 2. The molecular formula is C38H42N4O7S. The van der Waals surface area contributed by atoms with E-state index in [1.807, 2.05) is 61.5 Å². The number of hydrogen-bond acceptors (Lipinski definition) is 7. The SMILES string of the molecule is COc1ccc(N(CC(=O)N(Cc2ccc(C)cc2)C(Cc2ccccc2)C(=O)NC2CCCC2)S(=O)(=O)c2ccc(C)c([N+](=O)[O-])c2)cc1. The summed E-state index contributed by atoms with van der Waals surface area (Å²) in [6.45, 7) is 2.84. The Hall–Kier alpha value is -5.23. The van der Waals surface area contributed by atoms with Crippen molar-refractivity contribution in [3.05, 3.63) is 129 Å². The van der Waals surface area contributed by atoms with Gasteiger partial charge in [-0.3, -0.25) is 24.0 Å². The van der Waals surface area contributed by atoms with Crippen LogP contribution in [0.3, 0.4) is 0 Å². The highest BCUT2D eigenvalue weighted by molar-refractivity contribution is 7.92. The Morgan fingerprint density at radius 3 is 2.20 bits per heavy atom. The molecule has 1 N–H and O–H groups in total. The van der Waals surface area contributed by atoms with E-state index < -0.39 is 33.4 Å². The number of sulfonamides is 1. The lowest BCUT2D eigenvalue weighted by molar-refractivity contribution is -0.385. The van der Waals surface area contributed by atoms with E-state index in [-0.39, 0.29) is 41.2 Å². The quantitative estimate of drug-likeness (QED) is 0.124. The smallest absolute Gasteiger partial charge is 0.273 e. The van der Waals surface area contributed by atoms with Gasteiger partial charge in [0.2, 0.25) is 11.8 Å². The van der Waals surface area contributed by atoms with Crippen LogP contribution in [0.25, 0.3) is 0 Å². The van der Waals surface area contributed by atoms with Gasteiger partial charge >= 0.3 is 0 Å². The summed E-state index contributed by atoms with van der Waals surface area (Å²) >= 11 is 0. The summed E-state index contributed by atoms with van der Waals surface area (Å²) in [6.07, 6.45) is 3.92. The molecule has 262 valence electrons. The third-order valence-corrected chi connectivity index (χ3v) is 10.8. The summed E-state index contributed by atoms with van der Waals surface area (Å²) in [7, 11) is -3.06. The topological polar surface area (TPSA) is 139 Å². The maximum atomic E-state index is 14.7. The van der Waals surface area contributed by atoms with Crippen LogP contribution in [0.5, 0.6) is 5.75 Å². The van der Waals surface area contributed by atoms with Crippen molar-refractivity contribution in [1.82, 2.24) is 10.2 Å². The van der Waals surface area contributed by atoms with Crippen molar-refractivity contribution in [1.29, 1.82) is 0 Å². The third kappa shape index (κ3) is 8.67. The number of benzene rings is 4. The second kappa shape index (κ2) is 16.0. The molecule has 5 rings (SSSR count). The van der Waals surface area contributed by atoms with E-state index >= 15 is 0 Å². The van der Waals surface area contributed by atoms with Crippen LogP contribution in [0.4, 0.5) is 11.4 Å². The number of nitrogens with zero attached hydrogens (tertiary/aromatic N) is 3. The number of aryl methyl sites for hydroxylation is 2. The Kier molecular flexibility index (Phi) is 11.5. The van der Waals surface area contributed by atoms with Gasteiger partial charge in [0.25, 0.3) is 15.7 Å². The first kappa shape index (κ1) is 36.1. The number of methoxy groups -OCH3 is 1. The molecule has 0 spiro atoms. The molecule has 1 saturated carbocycles. The van der Waals surface area contributed by atoms with Gasteiger partial charge < -0.3 is 15.0 Å². The lowest BCUT2D eigenvalue weighted by Crippen LogP contribution is -2.54. The van der Waals surface area contributed by atoms with E-state index in [1.165, 1.54) is 43.2 Å². The average Bonchev–Trinajstić information content (AvgIpc) is 3.63. The molecule has 2 amide bonds. The summed E-state index contributed by atoms with van der Waals surface area (Å²) in [6, 6.07) is 25.8. The molecule has 0 aromatic heterocycles. The van der Waals surface area contributed by atoms with E-state index in [1.54, 1.807) is 12.1 Å². The van der Waals surface area contributed by atoms with Crippen molar-refractivity contribution in [2.24, 2.45) is 0 Å². The molecule has 1 aliphatic carbocycles. The molecule has 1 fully saturated rings. The Labute approximate surface area is 293 Å². The molecule has 1 unspecified atom stereocenters. The Bertz CT molecular complexity index is 1910. The van der Waals surface area contributed by atoms with Gasteiger partial charge in [-0.15, -0.1) is 0 Å². The molecule has 1 atom stereocenters. The number of amides is 2. The van der Waals surface area contributed by atoms with Crippen LogP contribution < -0.4 is 14.4 Å². The number of rotatable bonds is 14. The zero-order valence-electron chi connectivity index (χ0n) is 28.4.